The number of anilines is 1. The lowest BCUT2D eigenvalue weighted by Crippen LogP contribution is -2.34. The van der Waals surface area contributed by atoms with Crippen LogP contribution >= 0.6 is 11.6 Å². The molecule has 0 spiro atoms. The van der Waals surface area contributed by atoms with E-state index >= 15 is 0 Å². The molecule has 3 aromatic rings. The van der Waals surface area contributed by atoms with Crippen molar-refractivity contribution in [2.75, 3.05) is 11.9 Å². The highest BCUT2D eigenvalue weighted by molar-refractivity contribution is 6.36. The summed E-state index contributed by atoms with van der Waals surface area (Å²) in [7, 11) is 0. The van der Waals surface area contributed by atoms with Gasteiger partial charge in [0.05, 0.1) is 5.57 Å². The number of benzene rings is 3. The molecular formula is C26H22ClFN2O2. The number of rotatable bonds is 6. The summed E-state index contributed by atoms with van der Waals surface area (Å²) in [6, 6.07) is 18.7. The van der Waals surface area contributed by atoms with Gasteiger partial charge in [0, 0.05) is 17.3 Å². The molecule has 4 nitrogen and oxygen atoms in total. The van der Waals surface area contributed by atoms with Gasteiger partial charge in [0.2, 0.25) is 0 Å². The van der Waals surface area contributed by atoms with Gasteiger partial charge in [-0.1, -0.05) is 53.6 Å². The minimum absolute atomic E-state index is 0.199. The predicted octanol–water partition coefficient (Wildman–Crippen LogP) is 5.53. The molecule has 1 aliphatic heterocycles. The van der Waals surface area contributed by atoms with Gasteiger partial charge in [0.15, 0.2) is 0 Å². The molecule has 0 unspecified atom stereocenters. The van der Waals surface area contributed by atoms with E-state index in [2.05, 4.69) is 5.32 Å². The Balaban J connectivity index is 1.67. The van der Waals surface area contributed by atoms with E-state index < -0.39 is 17.6 Å². The van der Waals surface area contributed by atoms with Crippen LogP contribution in [-0.2, 0) is 16.0 Å². The number of nitrogens with zero attached hydrogens (tertiary/aromatic N) is 1. The van der Waals surface area contributed by atoms with Crippen molar-refractivity contribution in [3.63, 3.8) is 0 Å². The first kappa shape index (κ1) is 21.8. The van der Waals surface area contributed by atoms with E-state index in [0.29, 0.717) is 17.0 Å². The van der Waals surface area contributed by atoms with Crippen molar-refractivity contribution >= 4 is 34.7 Å². The van der Waals surface area contributed by atoms with Crippen LogP contribution in [0, 0.1) is 19.7 Å². The minimum Gasteiger partial charge on any atom is -0.350 e. The lowest BCUT2D eigenvalue weighted by molar-refractivity contribution is -0.136. The Labute approximate surface area is 191 Å². The van der Waals surface area contributed by atoms with Gasteiger partial charge in [-0.3, -0.25) is 14.5 Å². The summed E-state index contributed by atoms with van der Waals surface area (Å²) < 4.78 is 13.5. The van der Waals surface area contributed by atoms with Crippen molar-refractivity contribution < 1.29 is 14.0 Å². The fourth-order valence-electron chi connectivity index (χ4n) is 3.76. The Morgan fingerprint density at radius 3 is 2.25 bits per heavy atom. The summed E-state index contributed by atoms with van der Waals surface area (Å²) in [6.45, 7) is 4.15. The highest BCUT2D eigenvalue weighted by Gasteiger charge is 2.39. The highest BCUT2D eigenvalue weighted by Crippen LogP contribution is 2.31. The van der Waals surface area contributed by atoms with Crippen LogP contribution in [0.5, 0.6) is 0 Å². The second kappa shape index (κ2) is 8.97. The average Bonchev–Trinajstić information content (AvgIpc) is 2.99. The van der Waals surface area contributed by atoms with E-state index in [1.807, 2.05) is 44.2 Å². The fourth-order valence-corrected chi connectivity index (χ4v) is 3.89. The van der Waals surface area contributed by atoms with Crippen LogP contribution in [-0.4, -0.2) is 23.3 Å². The van der Waals surface area contributed by atoms with E-state index in [0.717, 1.165) is 22.4 Å². The SMILES string of the molecule is Cc1ccc(NC2=C(c3ccc(F)cc3)C(=O)N(CCc3ccc(Cl)cc3)C2=O)c(C)c1. The zero-order chi connectivity index (χ0) is 22.8. The summed E-state index contributed by atoms with van der Waals surface area (Å²) in [4.78, 5) is 27.9. The first-order chi connectivity index (χ1) is 15.3. The Bertz CT molecular complexity index is 1220. The maximum absolute atomic E-state index is 13.5. The Morgan fingerprint density at radius 1 is 0.906 bits per heavy atom. The number of carbonyl (C=O) groups excluding carboxylic acids is 2. The largest absolute Gasteiger partial charge is 0.350 e. The third-order valence-corrected chi connectivity index (χ3v) is 5.73. The maximum atomic E-state index is 13.5. The zero-order valence-electron chi connectivity index (χ0n) is 17.8. The second-order valence-electron chi connectivity index (χ2n) is 7.84. The third-order valence-electron chi connectivity index (χ3n) is 5.48. The molecule has 0 saturated heterocycles. The quantitative estimate of drug-likeness (QED) is 0.504. The first-order valence-corrected chi connectivity index (χ1v) is 10.7. The maximum Gasteiger partial charge on any atom is 0.278 e. The molecule has 4 rings (SSSR count). The van der Waals surface area contributed by atoms with Crippen molar-refractivity contribution in [1.29, 1.82) is 0 Å². The van der Waals surface area contributed by atoms with Crippen LogP contribution in [0.15, 0.2) is 72.4 Å². The van der Waals surface area contributed by atoms with Crippen LogP contribution in [0.2, 0.25) is 5.02 Å². The molecule has 162 valence electrons. The monoisotopic (exact) mass is 448 g/mol. The van der Waals surface area contributed by atoms with Gasteiger partial charge in [-0.05, 0) is 67.3 Å². The number of nitrogens with one attached hydrogen (secondary N) is 1. The van der Waals surface area contributed by atoms with Crippen LogP contribution < -0.4 is 5.32 Å². The first-order valence-electron chi connectivity index (χ1n) is 10.3. The van der Waals surface area contributed by atoms with Gasteiger partial charge in [-0.2, -0.15) is 0 Å². The number of imide groups is 1. The molecule has 6 heteroatoms. The van der Waals surface area contributed by atoms with Crippen molar-refractivity contribution in [2.24, 2.45) is 0 Å². The lowest BCUT2D eigenvalue weighted by atomic mass is 10.0. The van der Waals surface area contributed by atoms with Crippen LogP contribution in [0.25, 0.3) is 5.57 Å². The molecular weight excluding hydrogens is 427 g/mol. The summed E-state index contributed by atoms with van der Waals surface area (Å²) in [5.74, 6) is -1.21. The smallest absolute Gasteiger partial charge is 0.278 e. The molecule has 2 amide bonds. The Hall–Kier alpha value is -3.44. The number of carbonyl (C=O) groups is 2. The van der Waals surface area contributed by atoms with Gasteiger partial charge in [0.1, 0.15) is 11.5 Å². The molecule has 1 heterocycles. The van der Waals surface area contributed by atoms with E-state index in [1.165, 1.54) is 29.2 Å². The highest BCUT2D eigenvalue weighted by atomic mass is 35.5. The van der Waals surface area contributed by atoms with Crippen LogP contribution in [0.3, 0.4) is 0 Å². The van der Waals surface area contributed by atoms with Crippen molar-refractivity contribution in [3.8, 4) is 0 Å². The summed E-state index contributed by atoms with van der Waals surface area (Å²) in [6.07, 6.45) is 0.502. The number of hydrogen-bond acceptors (Lipinski definition) is 3. The molecule has 0 aromatic heterocycles. The summed E-state index contributed by atoms with van der Waals surface area (Å²) >= 11 is 5.94. The molecule has 0 atom stereocenters. The van der Waals surface area contributed by atoms with Gasteiger partial charge in [-0.15, -0.1) is 0 Å². The van der Waals surface area contributed by atoms with Gasteiger partial charge >= 0.3 is 0 Å². The molecule has 1 N–H and O–H groups in total. The molecule has 0 fully saturated rings. The third kappa shape index (κ3) is 4.43. The van der Waals surface area contributed by atoms with Crippen LogP contribution in [0.4, 0.5) is 10.1 Å². The second-order valence-corrected chi connectivity index (χ2v) is 8.28. The van der Waals surface area contributed by atoms with E-state index in [-0.39, 0.29) is 17.8 Å². The number of hydrogen-bond donors (Lipinski definition) is 1. The topological polar surface area (TPSA) is 49.4 Å². The fraction of sp³-hybridized carbons (Fsp3) is 0.154. The van der Waals surface area contributed by atoms with Gasteiger partial charge < -0.3 is 5.32 Å². The number of halogens is 2. The standard InChI is InChI=1S/C26H22ClFN2O2/c1-16-3-12-22(17(2)15-16)29-24-23(19-6-10-21(28)11-7-19)25(31)30(26(24)32)14-13-18-4-8-20(27)9-5-18/h3-12,15,29H,13-14H2,1-2H3. The molecule has 0 radical (unpaired) electrons. The van der Waals surface area contributed by atoms with E-state index in [1.54, 1.807) is 12.1 Å². The van der Waals surface area contributed by atoms with Crippen molar-refractivity contribution in [1.82, 2.24) is 4.90 Å². The Kier molecular flexibility index (Phi) is 6.10. The van der Waals surface area contributed by atoms with Gasteiger partial charge in [-0.25, -0.2) is 4.39 Å². The van der Waals surface area contributed by atoms with Crippen molar-refractivity contribution in [2.45, 2.75) is 20.3 Å². The summed E-state index contributed by atoms with van der Waals surface area (Å²) in [5.41, 5.74) is 4.69. The van der Waals surface area contributed by atoms with Gasteiger partial charge in [0.25, 0.3) is 11.8 Å². The van der Waals surface area contributed by atoms with Crippen LogP contribution in [0.1, 0.15) is 22.3 Å². The predicted molar refractivity (Wildman–Crippen MR) is 125 cm³/mol. The zero-order valence-corrected chi connectivity index (χ0v) is 18.5. The average molecular weight is 449 g/mol. The van der Waals surface area contributed by atoms with E-state index in [4.69, 9.17) is 11.6 Å². The molecule has 32 heavy (non-hydrogen) atoms. The molecule has 0 bridgehead atoms. The molecule has 0 saturated carbocycles. The van der Waals surface area contributed by atoms with E-state index in [9.17, 15) is 14.0 Å². The molecule has 1 aliphatic rings. The number of amides is 2. The normalized spacial score (nSPS) is 13.8. The lowest BCUT2D eigenvalue weighted by Gasteiger charge is -2.16. The minimum atomic E-state index is -0.408. The number of aryl methyl sites for hydroxylation is 2. The summed E-state index contributed by atoms with van der Waals surface area (Å²) in [5, 5.41) is 3.80. The van der Waals surface area contributed by atoms with Crippen molar-refractivity contribution in [3.05, 3.63) is 106 Å². The molecule has 3 aromatic carbocycles. The Morgan fingerprint density at radius 2 is 1.59 bits per heavy atom. The molecule has 0 aliphatic carbocycles.